The van der Waals surface area contributed by atoms with Gasteiger partial charge in [0.2, 0.25) is 0 Å². The normalized spacial score (nSPS) is 11.9. The maximum absolute atomic E-state index is 12.7. The molecule has 0 saturated heterocycles. The van der Waals surface area contributed by atoms with Crippen molar-refractivity contribution in [3.8, 4) is 0 Å². The van der Waals surface area contributed by atoms with E-state index in [0.29, 0.717) is 6.54 Å². The number of nitrogens with zero attached hydrogens (tertiary/aromatic N) is 1. The summed E-state index contributed by atoms with van der Waals surface area (Å²) in [6, 6.07) is 4.74. The van der Waals surface area contributed by atoms with Crippen molar-refractivity contribution in [3.05, 3.63) is 35.6 Å². The average molecular weight is 292 g/mol. The number of nitrogens with one attached hydrogen (secondary N) is 1. The highest BCUT2D eigenvalue weighted by Crippen LogP contribution is 2.16. The Kier molecular flexibility index (Phi) is 6.09. The van der Waals surface area contributed by atoms with Crippen LogP contribution in [-0.4, -0.2) is 50.1 Å². The lowest BCUT2D eigenvalue weighted by atomic mass is 10.1. The lowest BCUT2D eigenvalue weighted by Gasteiger charge is -2.22. The molecule has 20 heavy (non-hydrogen) atoms. The monoisotopic (exact) mass is 292 g/mol. The van der Waals surface area contributed by atoms with Gasteiger partial charge in [0, 0.05) is 18.7 Å². The first-order chi connectivity index (χ1) is 9.31. The minimum absolute atomic E-state index is 0.100. The highest BCUT2D eigenvalue weighted by atomic mass is 19.4. The molecule has 1 rings (SSSR count). The minimum Gasteiger partial charge on any atom is -0.318 e. The molecule has 0 bridgehead atoms. The Labute approximate surface area is 114 Å². The summed E-state index contributed by atoms with van der Waals surface area (Å²) in [4.78, 5) is 12.9. The Morgan fingerprint density at radius 2 is 1.85 bits per heavy atom. The Morgan fingerprint density at radius 1 is 1.25 bits per heavy atom. The first-order valence-corrected chi connectivity index (χ1v) is 6.04. The van der Waals surface area contributed by atoms with Crippen molar-refractivity contribution in [2.75, 3.05) is 33.2 Å². The van der Waals surface area contributed by atoms with Gasteiger partial charge in [-0.1, -0.05) is 0 Å². The second-order valence-corrected chi connectivity index (χ2v) is 4.36. The van der Waals surface area contributed by atoms with Gasteiger partial charge in [-0.25, -0.2) is 4.39 Å². The molecule has 0 fully saturated rings. The SMILES string of the molecule is CNCCN(CC(=O)c1ccc(F)cc1)CC(F)(F)F. The van der Waals surface area contributed by atoms with Crippen LogP contribution in [-0.2, 0) is 0 Å². The van der Waals surface area contributed by atoms with Crippen LogP contribution in [0.4, 0.5) is 17.6 Å². The molecule has 0 heterocycles. The molecule has 1 aromatic rings. The molecule has 0 amide bonds. The van der Waals surface area contributed by atoms with E-state index in [0.717, 1.165) is 17.0 Å². The Hall–Kier alpha value is -1.47. The standard InChI is InChI=1S/C13H16F4N2O/c1-18-6-7-19(9-13(15,16)17)8-12(20)10-2-4-11(14)5-3-10/h2-5,18H,6-9H2,1H3. The van der Waals surface area contributed by atoms with E-state index in [1.54, 1.807) is 7.05 Å². The number of alkyl halides is 3. The molecule has 0 aliphatic heterocycles. The van der Waals surface area contributed by atoms with Gasteiger partial charge in [-0.2, -0.15) is 13.2 Å². The summed E-state index contributed by atoms with van der Waals surface area (Å²) in [5.74, 6) is -0.964. The molecule has 7 heteroatoms. The van der Waals surface area contributed by atoms with Crippen LogP contribution >= 0.6 is 0 Å². The molecule has 0 aliphatic rings. The zero-order valence-corrected chi connectivity index (χ0v) is 11.0. The fraction of sp³-hybridized carbons (Fsp3) is 0.462. The number of halogens is 4. The Bertz CT molecular complexity index is 431. The zero-order chi connectivity index (χ0) is 15.2. The molecule has 112 valence electrons. The number of likely N-dealkylation sites (N-methyl/N-ethyl adjacent to an activating group) is 1. The summed E-state index contributed by atoms with van der Waals surface area (Å²) in [6.45, 7) is -1.07. The van der Waals surface area contributed by atoms with E-state index >= 15 is 0 Å². The summed E-state index contributed by atoms with van der Waals surface area (Å²) in [5, 5.41) is 2.73. The van der Waals surface area contributed by atoms with Crippen LogP contribution in [0.3, 0.4) is 0 Å². The van der Waals surface area contributed by atoms with Crippen molar-refractivity contribution in [3.63, 3.8) is 0 Å². The predicted molar refractivity (Wildman–Crippen MR) is 67.2 cm³/mol. The lowest BCUT2D eigenvalue weighted by Crippen LogP contribution is -2.41. The maximum atomic E-state index is 12.7. The number of ketones is 1. The highest BCUT2D eigenvalue weighted by molar-refractivity contribution is 5.97. The molecule has 1 N–H and O–H groups in total. The van der Waals surface area contributed by atoms with Gasteiger partial charge in [0.15, 0.2) is 5.78 Å². The van der Waals surface area contributed by atoms with Crippen LogP contribution in [0.15, 0.2) is 24.3 Å². The van der Waals surface area contributed by atoms with E-state index in [1.807, 2.05) is 0 Å². The summed E-state index contributed by atoms with van der Waals surface area (Å²) in [6.07, 6.45) is -4.36. The molecular formula is C13H16F4N2O. The molecule has 3 nitrogen and oxygen atoms in total. The molecule has 0 atom stereocenters. The number of benzene rings is 1. The van der Waals surface area contributed by atoms with Crippen LogP contribution in [0, 0.1) is 5.82 Å². The van der Waals surface area contributed by atoms with E-state index in [4.69, 9.17) is 0 Å². The first-order valence-electron chi connectivity index (χ1n) is 6.04. The molecule has 1 aromatic carbocycles. The van der Waals surface area contributed by atoms with Gasteiger partial charge < -0.3 is 5.32 Å². The van der Waals surface area contributed by atoms with Gasteiger partial charge in [0.05, 0.1) is 13.1 Å². The summed E-state index contributed by atoms with van der Waals surface area (Å²) in [5.41, 5.74) is 0.197. The van der Waals surface area contributed by atoms with Gasteiger partial charge >= 0.3 is 6.18 Å². The Morgan fingerprint density at radius 3 is 2.35 bits per heavy atom. The zero-order valence-electron chi connectivity index (χ0n) is 11.0. The third kappa shape index (κ3) is 6.12. The van der Waals surface area contributed by atoms with E-state index in [9.17, 15) is 22.4 Å². The van der Waals surface area contributed by atoms with Crippen LogP contribution in [0.5, 0.6) is 0 Å². The largest absolute Gasteiger partial charge is 0.401 e. The molecule has 0 saturated carbocycles. The maximum Gasteiger partial charge on any atom is 0.401 e. The number of Topliss-reactive ketones (excluding diaryl/α,β-unsaturated/α-hetero) is 1. The van der Waals surface area contributed by atoms with Crippen molar-refractivity contribution in [1.82, 2.24) is 10.2 Å². The second kappa shape index (κ2) is 7.35. The van der Waals surface area contributed by atoms with E-state index in [1.165, 1.54) is 12.1 Å². The van der Waals surface area contributed by atoms with Crippen LogP contribution in [0.25, 0.3) is 0 Å². The molecule has 0 radical (unpaired) electrons. The Balaban J connectivity index is 2.67. The van der Waals surface area contributed by atoms with Gasteiger partial charge in [0.1, 0.15) is 5.82 Å². The molecular weight excluding hydrogens is 276 g/mol. The number of carbonyl (C=O) groups excluding carboxylic acids is 1. The summed E-state index contributed by atoms with van der Waals surface area (Å²) < 4.78 is 50.0. The number of carbonyl (C=O) groups is 1. The smallest absolute Gasteiger partial charge is 0.318 e. The molecule has 0 aromatic heterocycles. The van der Waals surface area contributed by atoms with Crippen molar-refractivity contribution >= 4 is 5.78 Å². The quantitative estimate of drug-likeness (QED) is 0.617. The van der Waals surface area contributed by atoms with Gasteiger partial charge in [-0.3, -0.25) is 9.69 Å². The third-order valence-electron chi connectivity index (χ3n) is 2.61. The van der Waals surface area contributed by atoms with Crippen LogP contribution in [0.2, 0.25) is 0 Å². The van der Waals surface area contributed by atoms with E-state index in [2.05, 4.69) is 5.32 Å². The van der Waals surface area contributed by atoms with E-state index in [-0.39, 0.29) is 18.7 Å². The predicted octanol–water partition coefficient (Wildman–Crippen LogP) is 2.09. The topological polar surface area (TPSA) is 32.3 Å². The second-order valence-electron chi connectivity index (χ2n) is 4.36. The van der Waals surface area contributed by atoms with Crippen LogP contribution in [0.1, 0.15) is 10.4 Å². The summed E-state index contributed by atoms with van der Waals surface area (Å²) >= 11 is 0. The van der Waals surface area contributed by atoms with Gasteiger partial charge in [-0.05, 0) is 31.3 Å². The number of rotatable bonds is 7. The number of hydrogen-bond acceptors (Lipinski definition) is 3. The fourth-order valence-electron chi connectivity index (χ4n) is 1.67. The minimum atomic E-state index is -4.36. The highest BCUT2D eigenvalue weighted by Gasteiger charge is 2.31. The average Bonchev–Trinajstić information content (AvgIpc) is 2.35. The molecule has 0 aliphatic carbocycles. The van der Waals surface area contributed by atoms with Gasteiger partial charge in [0.25, 0.3) is 0 Å². The van der Waals surface area contributed by atoms with Crippen molar-refractivity contribution in [2.24, 2.45) is 0 Å². The van der Waals surface area contributed by atoms with Crippen molar-refractivity contribution in [1.29, 1.82) is 0 Å². The first kappa shape index (κ1) is 16.6. The van der Waals surface area contributed by atoms with Crippen LogP contribution < -0.4 is 5.32 Å². The van der Waals surface area contributed by atoms with E-state index < -0.39 is 24.3 Å². The third-order valence-corrected chi connectivity index (χ3v) is 2.61. The van der Waals surface area contributed by atoms with Crippen molar-refractivity contribution < 1.29 is 22.4 Å². The van der Waals surface area contributed by atoms with Crippen molar-refractivity contribution in [2.45, 2.75) is 6.18 Å². The summed E-state index contributed by atoms with van der Waals surface area (Å²) in [7, 11) is 1.62. The number of hydrogen-bond donors (Lipinski definition) is 1. The fourth-order valence-corrected chi connectivity index (χ4v) is 1.67. The molecule has 0 unspecified atom stereocenters. The lowest BCUT2D eigenvalue weighted by molar-refractivity contribution is -0.144. The van der Waals surface area contributed by atoms with Gasteiger partial charge in [-0.15, -0.1) is 0 Å². The molecule has 0 spiro atoms.